The molecule has 1 amide bonds. The summed E-state index contributed by atoms with van der Waals surface area (Å²) in [6.45, 7) is 5.62. The van der Waals surface area contributed by atoms with E-state index in [4.69, 9.17) is 4.74 Å². The Kier molecular flexibility index (Phi) is 4.65. The fourth-order valence-electron chi connectivity index (χ4n) is 2.88. The standard InChI is InChI=1S/C18H21N5O2/c1-5-13-16(6-2)23-10-15(20-18(23)22-21-13)12-7-8-17(25-4)14(9-12)19-11(3)24/h7-10H,5-6H2,1-4H3,(H,19,24). The summed E-state index contributed by atoms with van der Waals surface area (Å²) in [6.07, 6.45) is 3.64. The van der Waals surface area contributed by atoms with Crippen molar-refractivity contribution in [2.24, 2.45) is 0 Å². The van der Waals surface area contributed by atoms with Crippen molar-refractivity contribution in [1.82, 2.24) is 19.6 Å². The van der Waals surface area contributed by atoms with Crippen LogP contribution in [0.25, 0.3) is 17.0 Å². The molecular formula is C18H21N5O2. The van der Waals surface area contributed by atoms with E-state index >= 15 is 0 Å². The summed E-state index contributed by atoms with van der Waals surface area (Å²) >= 11 is 0. The quantitative estimate of drug-likeness (QED) is 0.773. The summed E-state index contributed by atoms with van der Waals surface area (Å²) in [5.41, 5.74) is 4.34. The van der Waals surface area contributed by atoms with Gasteiger partial charge in [0.1, 0.15) is 5.75 Å². The van der Waals surface area contributed by atoms with Crippen molar-refractivity contribution in [3.63, 3.8) is 0 Å². The second kappa shape index (κ2) is 6.88. The van der Waals surface area contributed by atoms with Crippen LogP contribution in [0.2, 0.25) is 0 Å². The number of fused-ring (bicyclic) bond motifs is 1. The third kappa shape index (κ3) is 3.17. The molecule has 25 heavy (non-hydrogen) atoms. The minimum Gasteiger partial charge on any atom is -0.495 e. The Morgan fingerprint density at radius 1 is 1.24 bits per heavy atom. The molecule has 0 fully saturated rings. The number of nitrogens with zero attached hydrogens (tertiary/aromatic N) is 4. The predicted octanol–water partition coefficient (Wildman–Crippen LogP) is 2.88. The number of ether oxygens (including phenoxy) is 1. The molecule has 0 aliphatic heterocycles. The van der Waals surface area contributed by atoms with Gasteiger partial charge in [-0.15, -0.1) is 5.10 Å². The highest BCUT2D eigenvalue weighted by Crippen LogP contribution is 2.30. The van der Waals surface area contributed by atoms with Crippen molar-refractivity contribution in [2.45, 2.75) is 33.6 Å². The van der Waals surface area contributed by atoms with Crippen LogP contribution in [0.5, 0.6) is 5.75 Å². The Hall–Kier alpha value is -2.96. The Morgan fingerprint density at radius 2 is 2.04 bits per heavy atom. The van der Waals surface area contributed by atoms with Crippen molar-refractivity contribution in [3.8, 4) is 17.0 Å². The molecule has 1 N–H and O–H groups in total. The highest BCUT2D eigenvalue weighted by molar-refractivity contribution is 5.91. The molecule has 7 heteroatoms. The monoisotopic (exact) mass is 339 g/mol. The van der Waals surface area contributed by atoms with Gasteiger partial charge in [-0.3, -0.25) is 9.20 Å². The van der Waals surface area contributed by atoms with E-state index in [-0.39, 0.29) is 5.91 Å². The number of rotatable bonds is 5. The fraction of sp³-hybridized carbons (Fsp3) is 0.333. The molecule has 130 valence electrons. The van der Waals surface area contributed by atoms with Crippen LogP contribution < -0.4 is 10.1 Å². The molecule has 7 nitrogen and oxygen atoms in total. The molecule has 0 spiro atoms. The Balaban J connectivity index is 2.11. The molecule has 0 radical (unpaired) electrons. The zero-order chi connectivity index (χ0) is 18.0. The highest BCUT2D eigenvalue weighted by Gasteiger charge is 2.14. The van der Waals surface area contributed by atoms with E-state index in [1.807, 2.05) is 28.8 Å². The molecule has 1 aromatic carbocycles. The third-order valence-electron chi connectivity index (χ3n) is 4.05. The van der Waals surface area contributed by atoms with Gasteiger partial charge in [0.15, 0.2) is 0 Å². The Bertz CT molecular complexity index is 933. The van der Waals surface area contributed by atoms with Gasteiger partial charge < -0.3 is 10.1 Å². The molecule has 0 saturated heterocycles. The number of carbonyl (C=O) groups excluding carboxylic acids is 1. The predicted molar refractivity (Wildman–Crippen MR) is 95.8 cm³/mol. The molecule has 0 atom stereocenters. The summed E-state index contributed by atoms with van der Waals surface area (Å²) in [6, 6.07) is 5.57. The topological polar surface area (TPSA) is 81.4 Å². The van der Waals surface area contributed by atoms with Gasteiger partial charge in [0.05, 0.1) is 24.2 Å². The van der Waals surface area contributed by atoms with Crippen LogP contribution in [-0.2, 0) is 17.6 Å². The molecule has 3 rings (SSSR count). The molecule has 0 bridgehead atoms. The van der Waals surface area contributed by atoms with Crippen molar-refractivity contribution in [1.29, 1.82) is 0 Å². The average molecular weight is 339 g/mol. The molecule has 2 aromatic heterocycles. The number of nitrogens with one attached hydrogen (secondary N) is 1. The maximum Gasteiger partial charge on any atom is 0.254 e. The van der Waals surface area contributed by atoms with Gasteiger partial charge in [0, 0.05) is 24.4 Å². The lowest BCUT2D eigenvalue weighted by molar-refractivity contribution is -0.114. The maximum atomic E-state index is 11.4. The van der Waals surface area contributed by atoms with Gasteiger partial charge >= 0.3 is 0 Å². The number of amides is 1. The number of anilines is 1. The van der Waals surface area contributed by atoms with Crippen LogP contribution >= 0.6 is 0 Å². The van der Waals surface area contributed by atoms with Gasteiger partial charge in [-0.25, -0.2) is 4.98 Å². The first-order valence-electron chi connectivity index (χ1n) is 8.26. The lowest BCUT2D eigenvalue weighted by Crippen LogP contribution is -2.07. The minimum absolute atomic E-state index is 0.155. The van der Waals surface area contributed by atoms with E-state index < -0.39 is 0 Å². The van der Waals surface area contributed by atoms with Crippen molar-refractivity contribution < 1.29 is 9.53 Å². The lowest BCUT2D eigenvalue weighted by Gasteiger charge is -2.10. The summed E-state index contributed by atoms with van der Waals surface area (Å²) in [5.74, 6) is 1.02. The fourth-order valence-corrected chi connectivity index (χ4v) is 2.88. The van der Waals surface area contributed by atoms with E-state index in [1.165, 1.54) is 6.92 Å². The zero-order valence-electron chi connectivity index (χ0n) is 14.8. The molecule has 2 heterocycles. The van der Waals surface area contributed by atoms with Gasteiger partial charge in [0.2, 0.25) is 5.91 Å². The van der Waals surface area contributed by atoms with E-state index in [2.05, 4.69) is 34.3 Å². The first kappa shape index (κ1) is 16.9. The van der Waals surface area contributed by atoms with Crippen LogP contribution in [-0.4, -0.2) is 32.6 Å². The SMILES string of the molecule is CCc1nnc2nc(-c3ccc(OC)c(NC(C)=O)c3)cn2c1CC. The normalized spacial score (nSPS) is 10.9. The second-order valence-electron chi connectivity index (χ2n) is 5.69. The molecule has 0 aliphatic carbocycles. The number of hydrogen-bond donors (Lipinski definition) is 1. The second-order valence-corrected chi connectivity index (χ2v) is 5.69. The van der Waals surface area contributed by atoms with Crippen molar-refractivity contribution in [2.75, 3.05) is 12.4 Å². The third-order valence-corrected chi connectivity index (χ3v) is 4.05. The van der Waals surface area contributed by atoms with Gasteiger partial charge in [-0.05, 0) is 31.0 Å². The molecule has 3 aromatic rings. The van der Waals surface area contributed by atoms with Crippen molar-refractivity contribution in [3.05, 3.63) is 35.8 Å². The zero-order valence-corrected chi connectivity index (χ0v) is 14.8. The maximum absolute atomic E-state index is 11.4. The Morgan fingerprint density at radius 3 is 2.68 bits per heavy atom. The number of aromatic nitrogens is 4. The number of methoxy groups -OCH3 is 1. The van der Waals surface area contributed by atoms with E-state index in [9.17, 15) is 4.79 Å². The number of imidazole rings is 1. The first-order valence-corrected chi connectivity index (χ1v) is 8.26. The molecule has 0 saturated carbocycles. The number of carbonyl (C=O) groups is 1. The van der Waals surface area contributed by atoms with Gasteiger partial charge in [-0.1, -0.05) is 13.8 Å². The smallest absolute Gasteiger partial charge is 0.254 e. The van der Waals surface area contributed by atoms with Crippen LogP contribution in [0.3, 0.4) is 0 Å². The molecular weight excluding hydrogens is 318 g/mol. The van der Waals surface area contributed by atoms with Crippen LogP contribution in [0.1, 0.15) is 32.2 Å². The number of benzene rings is 1. The van der Waals surface area contributed by atoms with E-state index in [0.717, 1.165) is 35.5 Å². The first-order chi connectivity index (χ1) is 12.1. The van der Waals surface area contributed by atoms with Gasteiger partial charge in [-0.2, -0.15) is 5.10 Å². The summed E-state index contributed by atoms with van der Waals surface area (Å²) in [4.78, 5) is 16.0. The lowest BCUT2D eigenvalue weighted by atomic mass is 10.1. The Labute approximate surface area is 146 Å². The minimum atomic E-state index is -0.155. The average Bonchev–Trinajstić information content (AvgIpc) is 3.04. The van der Waals surface area contributed by atoms with Crippen LogP contribution in [0.15, 0.2) is 24.4 Å². The van der Waals surface area contributed by atoms with Crippen LogP contribution in [0, 0.1) is 0 Å². The van der Waals surface area contributed by atoms with Crippen molar-refractivity contribution >= 4 is 17.4 Å². The molecule has 0 unspecified atom stereocenters. The van der Waals surface area contributed by atoms with Crippen LogP contribution in [0.4, 0.5) is 5.69 Å². The summed E-state index contributed by atoms with van der Waals surface area (Å²) in [5, 5.41) is 11.3. The highest BCUT2D eigenvalue weighted by atomic mass is 16.5. The number of hydrogen-bond acceptors (Lipinski definition) is 5. The van der Waals surface area contributed by atoms with E-state index in [1.54, 1.807) is 7.11 Å². The number of aryl methyl sites for hydroxylation is 2. The molecule has 0 aliphatic rings. The van der Waals surface area contributed by atoms with E-state index in [0.29, 0.717) is 17.2 Å². The van der Waals surface area contributed by atoms with Gasteiger partial charge in [0.25, 0.3) is 5.78 Å². The largest absolute Gasteiger partial charge is 0.495 e. The summed E-state index contributed by atoms with van der Waals surface area (Å²) < 4.78 is 7.29. The summed E-state index contributed by atoms with van der Waals surface area (Å²) in [7, 11) is 1.57.